The zero-order chi connectivity index (χ0) is 16.2. The Bertz CT molecular complexity index is 560. The van der Waals surface area contributed by atoms with Crippen molar-refractivity contribution in [3.8, 4) is 0 Å². The molecule has 0 fully saturated rings. The Labute approximate surface area is 126 Å². The molecule has 21 heavy (non-hydrogen) atoms. The first-order valence-electron chi connectivity index (χ1n) is 7.19. The molecule has 0 spiro atoms. The fraction of sp³-hybridized carbons (Fsp3) is 0.600. The van der Waals surface area contributed by atoms with Crippen LogP contribution in [0.3, 0.4) is 0 Å². The summed E-state index contributed by atoms with van der Waals surface area (Å²) in [5.41, 5.74) is 0.780. The zero-order valence-electron chi connectivity index (χ0n) is 13.1. The molecule has 0 aromatic heterocycles. The molecule has 0 aliphatic rings. The summed E-state index contributed by atoms with van der Waals surface area (Å²) < 4.78 is 40.6. The van der Waals surface area contributed by atoms with Crippen LogP contribution in [0.15, 0.2) is 17.0 Å². The Morgan fingerprint density at radius 2 is 1.67 bits per heavy atom. The summed E-state index contributed by atoms with van der Waals surface area (Å²) in [5.74, 6) is -0.444. The topological polar surface area (TPSA) is 57.6 Å². The van der Waals surface area contributed by atoms with Crippen LogP contribution in [-0.4, -0.2) is 37.0 Å². The monoisotopic (exact) mass is 317 g/mol. The average Bonchev–Trinajstić information content (AvgIpc) is 2.37. The molecule has 120 valence electrons. The van der Waals surface area contributed by atoms with Crippen molar-refractivity contribution in [2.75, 3.05) is 13.2 Å². The molecule has 1 aromatic carbocycles. The van der Waals surface area contributed by atoms with E-state index in [1.807, 2.05) is 13.8 Å². The second kappa shape index (κ2) is 7.33. The van der Waals surface area contributed by atoms with Gasteiger partial charge in [0.25, 0.3) is 0 Å². The molecule has 6 heteroatoms. The quantitative estimate of drug-likeness (QED) is 0.841. The van der Waals surface area contributed by atoms with Crippen molar-refractivity contribution in [1.82, 2.24) is 4.31 Å². The van der Waals surface area contributed by atoms with E-state index in [4.69, 9.17) is 0 Å². The Hall–Kier alpha value is -0.980. The van der Waals surface area contributed by atoms with Crippen LogP contribution >= 0.6 is 0 Å². The van der Waals surface area contributed by atoms with Gasteiger partial charge in [-0.15, -0.1) is 0 Å². The minimum absolute atomic E-state index is 0.0466. The van der Waals surface area contributed by atoms with Crippen LogP contribution in [0.5, 0.6) is 0 Å². The second-order valence-corrected chi connectivity index (χ2v) is 7.01. The van der Waals surface area contributed by atoms with E-state index in [0.29, 0.717) is 24.0 Å². The standard InChI is InChI=1S/C15H24FNO3S/c1-5-14(6-2)17(7-8-18)21(19,20)15-11(3)9-13(16)10-12(15)4/h9-10,14,18H,5-8H2,1-4H3. The van der Waals surface area contributed by atoms with Gasteiger partial charge in [0.2, 0.25) is 10.0 Å². The van der Waals surface area contributed by atoms with Gasteiger partial charge in [-0.3, -0.25) is 0 Å². The molecular formula is C15H24FNO3S. The van der Waals surface area contributed by atoms with E-state index in [1.165, 1.54) is 16.4 Å². The minimum Gasteiger partial charge on any atom is -0.395 e. The number of aliphatic hydroxyl groups is 1. The number of sulfonamides is 1. The Morgan fingerprint density at radius 3 is 2.05 bits per heavy atom. The molecule has 0 unspecified atom stereocenters. The molecule has 0 aliphatic heterocycles. The fourth-order valence-corrected chi connectivity index (χ4v) is 4.89. The molecule has 0 saturated carbocycles. The van der Waals surface area contributed by atoms with Gasteiger partial charge in [0, 0.05) is 12.6 Å². The zero-order valence-corrected chi connectivity index (χ0v) is 13.9. The average molecular weight is 317 g/mol. The van der Waals surface area contributed by atoms with Crippen LogP contribution in [0.25, 0.3) is 0 Å². The highest BCUT2D eigenvalue weighted by Gasteiger charge is 2.31. The largest absolute Gasteiger partial charge is 0.395 e. The highest BCUT2D eigenvalue weighted by atomic mass is 32.2. The van der Waals surface area contributed by atoms with Crippen LogP contribution in [0, 0.1) is 19.7 Å². The summed E-state index contributed by atoms with van der Waals surface area (Å²) in [4.78, 5) is 0.143. The van der Waals surface area contributed by atoms with Gasteiger partial charge in [0.15, 0.2) is 0 Å². The number of nitrogens with zero attached hydrogens (tertiary/aromatic N) is 1. The molecule has 1 N–H and O–H groups in total. The highest BCUT2D eigenvalue weighted by Crippen LogP contribution is 2.27. The molecule has 1 rings (SSSR count). The van der Waals surface area contributed by atoms with E-state index in [1.54, 1.807) is 13.8 Å². The Balaban J connectivity index is 3.43. The van der Waals surface area contributed by atoms with E-state index in [2.05, 4.69) is 0 Å². The molecule has 0 aliphatic carbocycles. The van der Waals surface area contributed by atoms with E-state index in [0.717, 1.165) is 0 Å². The maximum Gasteiger partial charge on any atom is 0.243 e. The van der Waals surface area contributed by atoms with Crippen LogP contribution < -0.4 is 0 Å². The number of halogens is 1. The fourth-order valence-electron chi connectivity index (χ4n) is 2.72. The van der Waals surface area contributed by atoms with Gasteiger partial charge in [-0.25, -0.2) is 12.8 Å². The van der Waals surface area contributed by atoms with Gasteiger partial charge < -0.3 is 5.11 Å². The van der Waals surface area contributed by atoms with Crippen LogP contribution in [0.1, 0.15) is 37.8 Å². The summed E-state index contributed by atoms with van der Waals surface area (Å²) >= 11 is 0. The maximum atomic E-state index is 13.4. The lowest BCUT2D eigenvalue weighted by atomic mass is 10.1. The lowest BCUT2D eigenvalue weighted by Gasteiger charge is -2.30. The third-order valence-electron chi connectivity index (χ3n) is 3.66. The van der Waals surface area contributed by atoms with Crippen molar-refractivity contribution < 1.29 is 17.9 Å². The molecule has 0 amide bonds. The molecule has 0 radical (unpaired) electrons. The van der Waals surface area contributed by atoms with Crippen LogP contribution in [0.2, 0.25) is 0 Å². The summed E-state index contributed by atoms with van der Waals surface area (Å²) in [6.45, 7) is 6.82. The van der Waals surface area contributed by atoms with E-state index >= 15 is 0 Å². The molecule has 0 heterocycles. The van der Waals surface area contributed by atoms with Crippen molar-refractivity contribution in [2.24, 2.45) is 0 Å². The van der Waals surface area contributed by atoms with E-state index in [9.17, 15) is 17.9 Å². The van der Waals surface area contributed by atoms with Gasteiger partial charge in [-0.05, 0) is 49.9 Å². The number of hydrogen-bond donors (Lipinski definition) is 1. The minimum atomic E-state index is -3.76. The number of rotatable bonds is 7. The summed E-state index contributed by atoms with van der Waals surface area (Å²) in [7, 11) is -3.76. The third-order valence-corrected chi connectivity index (χ3v) is 5.92. The molecule has 1 aromatic rings. The van der Waals surface area contributed by atoms with E-state index in [-0.39, 0.29) is 24.1 Å². The smallest absolute Gasteiger partial charge is 0.243 e. The molecule has 0 saturated heterocycles. The summed E-state index contributed by atoms with van der Waals surface area (Å²) in [5, 5.41) is 9.20. The first kappa shape index (κ1) is 18.1. The first-order valence-corrected chi connectivity index (χ1v) is 8.63. The van der Waals surface area contributed by atoms with Gasteiger partial charge in [0.1, 0.15) is 5.82 Å². The lowest BCUT2D eigenvalue weighted by molar-refractivity contribution is 0.219. The number of aryl methyl sites for hydroxylation is 2. The third kappa shape index (κ3) is 3.81. The first-order chi connectivity index (χ1) is 9.79. The Kier molecular flexibility index (Phi) is 6.31. The van der Waals surface area contributed by atoms with Crippen LogP contribution in [-0.2, 0) is 10.0 Å². The van der Waals surface area contributed by atoms with Gasteiger partial charge in [-0.2, -0.15) is 4.31 Å². The lowest BCUT2D eigenvalue weighted by Crippen LogP contribution is -2.42. The van der Waals surface area contributed by atoms with Crippen molar-refractivity contribution in [2.45, 2.75) is 51.5 Å². The van der Waals surface area contributed by atoms with Gasteiger partial charge >= 0.3 is 0 Å². The normalized spacial score (nSPS) is 12.4. The highest BCUT2D eigenvalue weighted by molar-refractivity contribution is 7.89. The maximum absolute atomic E-state index is 13.4. The van der Waals surface area contributed by atoms with Crippen LogP contribution in [0.4, 0.5) is 4.39 Å². The molecule has 0 atom stereocenters. The van der Waals surface area contributed by atoms with Gasteiger partial charge in [-0.1, -0.05) is 13.8 Å². The molecule has 4 nitrogen and oxygen atoms in total. The summed E-state index contributed by atoms with van der Waals surface area (Å²) in [6.07, 6.45) is 1.32. The summed E-state index contributed by atoms with van der Waals surface area (Å²) in [6, 6.07) is 2.28. The molecular weight excluding hydrogens is 293 g/mol. The predicted octanol–water partition coefficient (Wildman–Crippen LogP) is 2.61. The SMILES string of the molecule is CCC(CC)N(CCO)S(=O)(=O)c1c(C)cc(F)cc1C. The van der Waals surface area contributed by atoms with Crippen molar-refractivity contribution in [3.63, 3.8) is 0 Å². The van der Waals surface area contributed by atoms with Crippen molar-refractivity contribution in [1.29, 1.82) is 0 Å². The number of hydrogen-bond acceptors (Lipinski definition) is 3. The van der Waals surface area contributed by atoms with Gasteiger partial charge in [0.05, 0.1) is 11.5 Å². The van der Waals surface area contributed by atoms with Crippen molar-refractivity contribution >= 4 is 10.0 Å². The number of benzene rings is 1. The predicted molar refractivity (Wildman–Crippen MR) is 81.2 cm³/mol. The molecule has 0 bridgehead atoms. The van der Waals surface area contributed by atoms with E-state index < -0.39 is 15.8 Å². The number of aliphatic hydroxyl groups excluding tert-OH is 1. The Morgan fingerprint density at radius 1 is 1.19 bits per heavy atom. The van der Waals surface area contributed by atoms with Crippen molar-refractivity contribution in [3.05, 3.63) is 29.1 Å². The second-order valence-electron chi connectivity index (χ2n) is 5.18.